The van der Waals surface area contributed by atoms with E-state index in [4.69, 9.17) is 16.0 Å². The van der Waals surface area contributed by atoms with Gasteiger partial charge in [-0.05, 0) is 31.5 Å². The van der Waals surface area contributed by atoms with Gasteiger partial charge in [0.1, 0.15) is 11.6 Å². The highest BCUT2D eigenvalue weighted by atomic mass is 35.5. The van der Waals surface area contributed by atoms with Crippen LogP contribution in [0.1, 0.15) is 28.3 Å². The number of aromatic nitrogens is 1. The Morgan fingerprint density at radius 3 is 2.62 bits per heavy atom. The minimum absolute atomic E-state index is 0.0544. The smallest absolute Gasteiger partial charge is 0.417 e. The standard InChI is InChI=1S/C17H17ClF3N3O2/c1-11-3-4-14(26-11)16(25)24-6-2-5-23(7-8-24)15-13(18)9-12(10-22-15)17(19,20)21/h3-4,9-10H,2,5-8H2,1H3. The van der Waals surface area contributed by atoms with Crippen LogP contribution < -0.4 is 4.90 Å². The number of pyridine rings is 1. The van der Waals surface area contributed by atoms with Gasteiger partial charge in [0.15, 0.2) is 5.76 Å². The van der Waals surface area contributed by atoms with Crippen LogP contribution in [0.15, 0.2) is 28.8 Å². The van der Waals surface area contributed by atoms with Gasteiger partial charge >= 0.3 is 6.18 Å². The Balaban J connectivity index is 1.72. The highest BCUT2D eigenvalue weighted by Crippen LogP contribution is 2.33. The maximum absolute atomic E-state index is 12.7. The van der Waals surface area contributed by atoms with Gasteiger partial charge in [0.2, 0.25) is 0 Å². The SMILES string of the molecule is Cc1ccc(C(=O)N2CCCN(c3ncc(C(F)(F)F)cc3Cl)CC2)o1. The summed E-state index contributed by atoms with van der Waals surface area (Å²) in [5.41, 5.74) is -0.883. The minimum Gasteiger partial charge on any atom is -0.456 e. The van der Waals surface area contributed by atoms with E-state index in [9.17, 15) is 18.0 Å². The molecule has 0 radical (unpaired) electrons. The van der Waals surface area contributed by atoms with Gasteiger partial charge in [0, 0.05) is 32.4 Å². The lowest BCUT2D eigenvalue weighted by molar-refractivity contribution is -0.137. The summed E-state index contributed by atoms with van der Waals surface area (Å²) >= 11 is 6.02. The fourth-order valence-electron chi connectivity index (χ4n) is 2.86. The summed E-state index contributed by atoms with van der Waals surface area (Å²) in [5.74, 6) is 1.03. The third-order valence-corrected chi connectivity index (χ3v) is 4.46. The molecule has 0 aliphatic carbocycles. The maximum Gasteiger partial charge on any atom is 0.417 e. The number of furan rings is 1. The van der Waals surface area contributed by atoms with Crippen LogP contribution in [0.5, 0.6) is 0 Å². The Morgan fingerprint density at radius 1 is 1.23 bits per heavy atom. The third-order valence-electron chi connectivity index (χ3n) is 4.18. The highest BCUT2D eigenvalue weighted by molar-refractivity contribution is 6.33. The van der Waals surface area contributed by atoms with Crippen LogP contribution in [0.4, 0.5) is 19.0 Å². The number of anilines is 1. The van der Waals surface area contributed by atoms with Gasteiger partial charge in [-0.1, -0.05) is 11.6 Å². The predicted octanol–water partition coefficient (Wildman–Crippen LogP) is 4.01. The van der Waals surface area contributed by atoms with Crippen molar-refractivity contribution in [2.45, 2.75) is 19.5 Å². The lowest BCUT2D eigenvalue weighted by atomic mass is 10.2. The van der Waals surface area contributed by atoms with Crippen LogP contribution in [-0.2, 0) is 6.18 Å². The first-order valence-corrected chi connectivity index (χ1v) is 8.47. The lowest BCUT2D eigenvalue weighted by Crippen LogP contribution is -2.35. The number of rotatable bonds is 2. The van der Waals surface area contributed by atoms with E-state index in [1.807, 2.05) is 0 Å². The minimum atomic E-state index is -4.49. The molecule has 26 heavy (non-hydrogen) atoms. The van der Waals surface area contributed by atoms with Gasteiger partial charge in [0.25, 0.3) is 5.91 Å². The molecule has 0 aromatic carbocycles. The quantitative estimate of drug-likeness (QED) is 0.781. The normalized spacial score (nSPS) is 15.9. The van der Waals surface area contributed by atoms with Gasteiger partial charge in [-0.2, -0.15) is 13.2 Å². The van der Waals surface area contributed by atoms with E-state index in [0.717, 1.165) is 12.3 Å². The lowest BCUT2D eigenvalue weighted by Gasteiger charge is -2.23. The van der Waals surface area contributed by atoms with E-state index in [0.29, 0.717) is 44.2 Å². The van der Waals surface area contributed by atoms with Crippen LogP contribution in [0.3, 0.4) is 0 Å². The number of halogens is 4. The summed E-state index contributed by atoms with van der Waals surface area (Å²) < 4.78 is 43.6. The first-order valence-electron chi connectivity index (χ1n) is 8.09. The van der Waals surface area contributed by atoms with E-state index in [1.165, 1.54) is 0 Å². The van der Waals surface area contributed by atoms with E-state index in [-0.39, 0.29) is 16.7 Å². The largest absolute Gasteiger partial charge is 0.456 e. The van der Waals surface area contributed by atoms with Gasteiger partial charge < -0.3 is 14.2 Å². The van der Waals surface area contributed by atoms with Crippen molar-refractivity contribution in [3.05, 3.63) is 46.5 Å². The second-order valence-electron chi connectivity index (χ2n) is 6.07. The summed E-state index contributed by atoms with van der Waals surface area (Å²) in [6.07, 6.45) is -3.07. The van der Waals surface area contributed by atoms with Crippen LogP contribution >= 0.6 is 11.6 Å². The van der Waals surface area contributed by atoms with Crippen LogP contribution in [-0.4, -0.2) is 42.0 Å². The van der Waals surface area contributed by atoms with Crippen molar-refractivity contribution in [1.82, 2.24) is 9.88 Å². The van der Waals surface area contributed by atoms with Gasteiger partial charge in [0.05, 0.1) is 10.6 Å². The molecule has 1 saturated heterocycles. The van der Waals surface area contributed by atoms with Crippen molar-refractivity contribution < 1.29 is 22.4 Å². The predicted molar refractivity (Wildman–Crippen MR) is 90.4 cm³/mol. The van der Waals surface area contributed by atoms with Crippen molar-refractivity contribution in [1.29, 1.82) is 0 Å². The fraction of sp³-hybridized carbons (Fsp3) is 0.412. The second kappa shape index (κ2) is 7.19. The molecule has 140 valence electrons. The Hall–Kier alpha value is -2.22. The first-order chi connectivity index (χ1) is 12.3. The van der Waals surface area contributed by atoms with Gasteiger partial charge in [-0.3, -0.25) is 4.79 Å². The number of carbonyl (C=O) groups is 1. The van der Waals surface area contributed by atoms with Crippen molar-refractivity contribution >= 4 is 23.3 Å². The number of amides is 1. The Labute approximate surface area is 153 Å². The van der Waals surface area contributed by atoms with Crippen LogP contribution in [0.2, 0.25) is 5.02 Å². The molecular formula is C17H17ClF3N3O2. The number of carbonyl (C=O) groups excluding carboxylic acids is 1. The van der Waals surface area contributed by atoms with E-state index in [2.05, 4.69) is 4.98 Å². The number of nitrogens with zero attached hydrogens (tertiary/aromatic N) is 3. The summed E-state index contributed by atoms with van der Waals surface area (Å²) in [7, 11) is 0. The van der Waals surface area contributed by atoms with Crippen molar-refractivity contribution in [2.75, 3.05) is 31.1 Å². The van der Waals surface area contributed by atoms with E-state index < -0.39 is 11.7 Å². The number of hydrogen-bond acceptors (Lipinski definition) is 4. The molecule has 0 saturated carbocycles. The highest BCUT2D eigenvalue weighted by Gasteiger charge is 2.32. The maximum atomic E-state index is 12.7. The molecule has 9 heteroatoms. The van der Waals surface area contributed by atoms with Crippen molar-refractivity contribution in [3.8, 4) is 0 Å². The number of hydrogen-bond donors (Lipinski definition) is 0. The molecule has 3 rings (SSSR count). The number of alkyl halides is 3. The van der Waals surface area contributed by atoms with E-state index in [1.54, 1.807) is 28.9 Å². The number of aryl methyl sites for hydroxylation is 1. The molecule has 0 N–H and O–H groups in total. The van der Waals surface area contributed by atoms with Gasteiger partial charge in [-0.25, -0.2) is 4.98 Å². The molecule has 2 aromatic rings. The zero-order valence-electron chi connectivity index (χ0n) is 14.0. The fourth-order valence-corrected chi connectivity index (χ4v) is 3.14. The molecule has 0 atom stereocenters. The zero-order chi connectivity index (χ0) is 18.9. The molecule has 0 unspecified atom stereocenters. The average molecular weight is 388 g/mol. The monoisotopic (exact) mass is 387 g/mol. The summed E-state index contributed by atoms with van der Waals surface area (Å²) in [6.45, 7) is 3.65. The average Bonchev–Trinajstić information content (AvgIpc) is 2.87. The Bertz CT molecular complexity index is 807. The molecule has 1 aliphatic heterocycles. The summed E-state index contributed by atoms with van der Waals surface area (Å²) in [5, 5.41) is -0.0544. The Morgan fingerprint density at radius 2 is 2.00 bits per heavy atom. The van der Waals surface area contributed by atoms with Crippen molar-refractivity contribution in [3.63, 3.8) is 0 Å². The topological polar surface area (TPSA) is 49.6 Å². The summed E-state index contributed by atoms with van der Waals surface area (Å²) in [4.78, 5) is 19.8. The van der Waals surface area contributed by atoms with Crippen LogP contribution in [0.25, 0.3) is 0 Å². The molecule has 2 aromatic heterocycles. The summed E-state index contributed by atoms with van der Waals surface area (Å²) in [6, 6.07) is 4.24. The van der Waals surface area contributed by atoms with Gasteiger partial charge in [-0.15, -0.1) is 0 Å². The third kappa shape index (κ3) is 3.95. The Kier molecular flexibility index (Phi) is 5.13. The molecular weight excluding hydrogens is 371 g/mol. The molecule has 1 fully saturated rings. The van der Waals surface area contributed by atoms with Crippen LogP contribution in [0, 0.1) is 6.92 Å². The first kappa shape index (κ1) is 18.6. The molecule has 0 bridgehead atoms. The molecule has 1 aliphatic rings. The molecule has 3 heterocycles. The molecule has 1 amide bonds. The molecule has 0 spiro atoms. The van der Waals surface area contributed by atoms with E-state index >= 15 is 0 Å². The molecule has 5 nitrogen and oxygen atoms in total. The zero-order valence-corrected chi connectivity index (χ0v) is 14.8. The van der Waals surface area contributed by atoms with Crippen molar-refractivity contribution in [2.24, 2.45) is 0 Å². The second-order valence-corrected chi connectivity index (χ2v) is 6.48.